The molecule has 0 atom stereocenters. The van der Waals surface area contributed by atoms with Crippen LogP contribution in [-0.2, 0) is 17.8 Å². The molecule has 0 aliphatic carbocycles. The number of benzene rings is 2. The Balaban J connectivity index is 0.00000338. The molecule has 0 spiro atoms. The number of carbonyl (C=O) groups excluding carboxylic acids is 1. The van der Waals surface area contributed by atoms with E-state index in [1.807, 2.05) is 73.3 Å². The molecular formula is C21H29ClN2O2. The quantitative estimate of drug-likeness (QED) is 0.723. The van der Waals surface area contributed by atoms with E-state index in [1.165, 1.54) is 0 Å². The van der Waals surface area contributed by atoms with E-state index in [1.54, 1.807) is 0 Å². The summed E-state index contributed by atoms with van der Waals surface area (Å²) in [4.78, 5) is 14.7. The van der Waals surface area contributed by atoms with Gasteiger partial charge in [0.15, 0.2) is 0 Å². The molecule has 0 heterocycles. The van der Waals surface area contributed by atoms with Crippen molar-refractivity contribution in [1.82, 2.24) is 4.90 Å². The molecule has 142 valence electrons. The Morgan fingerprint density at radius 2 is 1.77 bits per heavy atom. The van der Waals surface area contributed by atoms with Crippen LogP contribution in [0.4, 0.5) is 0 Å². The van der Waals surface area contributed by atoms with Gasteiger partial charge in [-0.05, 0) is 50.1 Å². The fraction of sp³-hybridized carbons (Fsp3) is 0.381. The van der Waals surface area contributed by atoms with E-state index in [0.29, 0.717) is 26.1 Å². The summed E-state index contributed by atoms with van der Waals surface area (Å²) in [6, 6.07) is 17.8. The third-order valence-electron chi connectivity index (χ3n) is 3.83. The van der Waals surface area contributed by atoms with E-state index in [4.69, 9.17) is 10.5 Å². The van der Waals surface area contributed by atoms with Gasteiger partial charge in [-0.25, -0.2) is 0 Å². The molecule has 26 heavy (non-hydrogen) atoms. The van der Waals surface area contributed by atoms with Crippen molar-refractivity contribution in [3.63, 3.8) is 0 Å². The molecule has 2 N–H and O–H groups in total. The molecule has 2 aromatic rings. The lowest BCUT2D eigenvalue weighted by molar-refractivity contribution is -0.131. The van der Waals surface area contributed by atoms with Crippen LogP contribution >= 0.6 is 12.4 Å². The molecule has 0 aromatic heterocycles. The molecule has 0 fully saturated rings. The first-order chi connectivity index (χ1) is 12.1. The number of amides is 1. The Labute approximate surface area is 162 Å². The summed E-state index contributed by atoms with van der Waals surface area (Å²) in [7, 11) is 0. The molecular weight excluding hydrogens is 348 g/mol. The predicted molar refractivity (Wildman–Crippen MR) is 109 cm³/mol. The number of hydrogen-bond donors (Lipinski definition) is 1. The maximum Gasteiger partial charge on any atom is 0.227 e. The molecule has 4 nitrogen and oxygen atoms in total. The van der Waals surface area contributed by atoms with Crippen LogP contribution in [0.5, 0.6) is 5.75 Å². The number of nitrogens with two attached hydrogens (primary N) is 1. The zero-order valence-corrected chi connectivity index (χ0v) is 16.4. The van der Waals surface area contributed by atoms with Crippen molar-refractivity contribution in [3.05, 3.63) is 65.7 Å². The lowest BCUT2D eigenvalue weighted by Gasteiger charge is -2.23. The van der Waals surface area contributed by atoms with Crippen molar-refractivity contribution in [2.75, 3.05) is 13.1 Å². The molecule has 0 aliphatic rings. The molecule has 0 aliphatic heterocycles. The molecule has 0 radical (unpaired) electrons. The highest BCUT2D eigenvalue weighted by Crippen LogP contribution is 2.16. The summed E-state index contributed by atoms with van der Waals surface area (Å²) in [6.07, 6.45) is 1.28. The summed E-state index contributed by atoms with van der Waals surface area (Å²) in [5.74, 6) is 0.913. The van der Waals surface area contributed by atoms with Crippen molar-refractivity contribution < 1.29 is 9.53 Å². The minimum Gasteiger partial charge on any atom is -0.491 e. The van der Waals surface area contributed by atoms with Crippen LogP contribution in [0.25, 0.3) is 0 Å². The van der Waals surface area contributed by atoms with Gasteiger partial charge >= 0.3 is 0 Å². The number of ether oxygens (including phenoxy) is 1. The van der Waals surface area contributed by atoms with Crippen molar-refractivity contribution >= 4 is 18.3 Å². The first kappa shape index (κ1) is 22.0. The smallest absolute Gasteiger partial charge is 0.227 e. The Morgan fingerprint density at radius 1 is 1.08 bits per heavy atom. The average molecular weight is 377 g/mol. The highest BCUT2D eigenvalue weighted by atomic mass is 35.5. The molecule has 0 unspecified atom stereocenters. The first-order valence-corrected chi connectivity index (χ1v) is 8.86. The van der Waals surface area contributed by atoms with Crippen LogP contribution in [0.3, 0.4) is 0 Å². The fourth-order valence-electron chi connectivity index (χ4n) is 2.67. The molecule has 5 heteroatoms. The minimum absolute atomic E-state index is 0. The SMILES string of the molecule is CC(C)Oc1cccc(CC(=O)N(CCCN)Cc2ccccc2)c1.Cl. The summed E-state index contributed by atoms with van der Waals surface area (Å²) >= 11 is 0. The molecule has 2 rings (SSSR count). The highest BCUT2D eigenvalue weighted by Gasteiger charge is 2.14. The number of carbonyl (C=O) groups is 1. The third kappa shape index (κ3) is 7.46. The summed E-state index contributed by atoms with van der Waals surface area (Å²) in [6.45, 7) is 5.85. The zero-order chi connectivity index (χ0) is 18.1. The Bertz CT molecular complexity index is 662. The van der Waals surface area contributed by atoms with Crippen molar-refractivity contribution in [2.24, 2.45) is 5.73 Å². The van der Waals surface area contributed by atoms with Gasteiger partial charge in [0.25, 0.3) is 0 Å². The second-order valence-corrected chi connectivity index (χ2v) is 6.43. The van der Waals surface area contributed by atoms with Crippen molar-refractivity contribution in [2.45, 2.75) is 39.3 Å². The average Bonchev–Trinajstić information content (AvgIpc) is 2.59. The highest BCUT2D eigenvalue weighted by molar-refractivity contribution is 5.85. The van der Waals surface area contributed by atoms with Gasteiger partial charge in [0.1, 0.15) is 5.75 Å². The van der Waals surface area contributed by atoms with Crippen LogP contribution in [-0.4, -0.2) is 30.0 Å². The van der Waals surface area contributed by atoms with E-state index < -0.39 is 0 Å². The zero-order valence-electron chi connectivity index (χ0n) is 15.6. The number of rotatable bonds is 9. The van der Waals surface area contributed by atoms with Gasteiger partial charge in [0.05, 0.1) is 12.5 Å². The lowest BCUT2D eigenvalue weighted by atomic mass is 10.1. The van der Waals surface area contributed by atoms with Crippen molar-refractivity contribution in [1.29, 1.82) is 0 Å². The standard InChI is InChI=1S/C21H28N2O2.ClH/c1-17(2)25-20-11-6-10-19(14-20)15-21(24)23(13-7-12-22)16-18-8-4-3-5-9-18;/h3-6,8-11,14,17H,7,12-13,15-16,22H2,1-2H3;1H. The van der Waals surface area contributed by atoms with E-state index in [0.717, 1.165) is 23.3 Å². The first-order valence-electron chi connectivity index (χ1n) is 8.86. The molecule has 0 saturated heterocycles. The maximum atomic E-state index is 12.8. The van der Waals surface area contributed by atoms with Gasteiger partial charge in [-0.2, -0.15) is 0 Å². The monoisotopic (exact) mass is 376 g/mol. The number of halogens is 1. The molecule has 0 bridgehead atoms. The van der Waals surface area contributed by atoms with Gasteiger partial charge in [-0.3, -0.25) is 4.79 Å². The second kappa shape index (κ2) is 11.6. The van der Waals surface area contributed by atoms with E-state index in [9.17, 15) is 4.79 Å². The van der Waals surface area contributed by atoms with Crippen LogP contribution in [0, 0.1) is 0 Å². The number of nitrogens with zero attached hydrogens (tertiary/aromatic N) is 1. The third-order valence-corrected chi connectivity index (χ3v) is 3.83. The van der Waals surface area contributed by atoms with E-state index in [2.05, 4.69) is 0 Å². The van der Waals surface area contributed by atoms with Crippen molar-refractivity contribution in [3.8, 4) is 5.75 Å². The topological polar surface area (TPSA) is 55.6 Å². The summed E-state index contributed by atoms with van der Waals surface area (Å²) in [5.41, 5.74) is 7.73. The summed E-state index contributed by atoms with van der Waals surface area (Å²) < 4.78 is 5.72. The minimum atomic E-state index is 0. The van der Waals surface area contributed by atoms with Gasteiger partial charge in [0, 0.05) is 13.1 Å². The molecule has 0 saturated carbocycles. The lowest BCUT2D eigenvalue weighted by Crippen LogP contribution is -2.33. The largest absolute Gasteiger partial charge is 0.491 e. The molecule has 1 amide bonds. The van der Waals surface area contributed by atoms with Gasteiger partial charge < -0.3 is 15.4 Å². The Morgan fingerprint density at radius 3 is 2.42 bits per heavy atom. The van der Waals surface area contributed by atoms with Crippen LogP contribution in [0.15, 0.2) is 54.6 Å². The van der Waals surface area contributed by atoms with Gasteiger partial charge in [-0.15, -0.1) is 12.4 Å². The predicted octanol–water partition coefficient (Wildman–Crippen LogP) is 3.82. The normalized spacial score (nSPS) is 10.3. The van der Waals surface area contributed by atoms with Crippen LogP contribution in [0.1, 0.15) is 31.4 Å². The molecule has 2 aromatic carbocycles. The van der Waals surface area contributed by atoms with E-state index >= 15 is 0 Å². The van der Waals surface area contributed by atoms with Crippen LogP contribution < -0.4 is 10.5 Å². The number of hydrogen-bond acceptors (Lipinski definition) is 3. The fourth-order valence-corrected chi connectivity index (χ4v) is 2.67. The Hall–Kier alpha value is -2.04. The van der Waals surface area contributed by atoms with Gasteiger partial charge in [0.2, 0.25) is 5.91 Å². The maximum absolute atomic E-state index is 12.8. The Kier molecular flexibility index (Phi) is 9.78. The van der Waals surface area contributed by atoms with E-state index in [-0.39, 0.29) is 24.4 Å². The van der Waals surface area contributed by atoms with Gasteiger partial charge in [-0.1, -0.05) is 42.5 Å². The summed E-state index contributed by atoms with van der Waals surface area (Å²) in [5, 5.41) is 0. The second-order valence-electron chi connectivity index (χ2n) is 6.43. The van der Waals surface area contributed by atoms with Crippen LogP contribution in [0.2, 0.25) is 0 Å².